The SMILES string of the molecule is O=C(c1ccc(F)cc1)N1CC(=O)N(C2CCC2)CC(O)C1. The highest BCUT2D eigenvalue weighted by molar-refractivity contribution is 5.96. The van der Waals surface area contributed by atoms with Crippen LogP contribution in [-0.2, 0) is 4.79 Å². The monoisotopic (exact) mass is 306 g/mol. The van der Waals surface area contributed by atoms with E-state index < -0.39 is 11.9 Å². The van der Waals surface area contributed by atoms with Crippen LogP contribution in [0.2, 0.25) is 0 Å². The first kappa shape index (κ1) is 15.0. The molecule has 22 heavy (non-hydrogen) atoms. The average Bonchev–Trinajstić information content (AvgIpc) is 2.57. The Morgan fingerprint density at radius 1 is 1.18 bits per heavy atom. The molecule has 1 atom stereocenters. The van der Waals surface area contributed by atoms with Crippen molar-refractivity contribution in [3.8, 4) is 0 Å². The lowest BCUT2D eigenvalue weighted by molar-refractivity contribution is -0.135. The normalized spacial score (nSPS) is 23.2. The van der Waals surface area contributed by atoms with Crippen LogP contribution in [0.4, 0.5) is 4.39 Å². The third-order valence-corrected chi connectivity index (χ3v) is 4.38. The van der Waals surface area contributed by atoms with Crippen molar-refractivity contribution in [2.24, 2.45) is 0 Å². The van der Waals surface area contributed by atoms with Crippen LogP contribution in [0.5, 0.6) is 0 Å². The molecular formula is C16H19FN2O3. The molecule has 0 spiro atoms. The molecule has 6 heteroatoms. The standard InChI is InChI=1S/C16H19FN2O3/c17-12-6-4-11(5-7-12)16(22)18-8-14(20)9-19(15(21)10-18)13-2-1-3-13/h4-7,13-14,20H,1-3,8-10H2. The molecule has 5 nitrogen and oxygen atoms in total. The Morgan fingerprint density at radius 2 is 1.86 bits per heavy atom. The largest absolute Gasteiger partial charge is 0.389 e. The summed E-state index contributed by atoms with van der Waals surface area (Å²) >= 11 is 0. The van der Waals surface area contributed by atoms with Crippen LogP contribution >= 0.6 is 0 Å². The minimum absolute atomic E-state index is 0.0379. The van der Waals surface area contributed by atoms with E-state index in [1.807, 2.05) is 0 Å². The molecule has 0 bridgehead atoms. The van der Waals surface area contributed by atoms with Gasteiger partial charge in [0, 0.05) is 24.7 Å². The van der Waals surface area contributed by atoms with Crippen molar-refractivity contribution >= 4 is 11.8 Å². The lowest BCUT2D eigenvalue weighted by Gasteiger charge is -2.37. The quantitative estimate of drug-likeness (QED) is 0.887. The smallest absolute Gasteiger partial charge is 0.254 e. The van der Waals surface area contributed by atoms with Gasteiger partial charge in [0.2, 0.25) is 5.91 Å². The number of rotatable bonds is 2. The minimum Gasteiger partial charge on any atom is -0.389 e. The Bertz CT molecular complexity index is 571. The number of halogens is 1. The molecule has 1 aliphatic heterocycles. The van der Waals surface area contributed by atoms with Crippen molar-refractivity contribution in [1.82, 2.24) is 9.80 Å². The molecule has 1 unspecified atom stereocenters. The van der Waals surface area contributed by atoms with Crippen LogP contribution in [-0.4, -0.2) is 58.5 Å². The van der Waals surface area contributed by atoms with Crippen molar-refractivity contribution in [3.05, 3.63) is 35.6 Å². The molecule has 0 radical (unpaired) electrons. The molecule has 2 aliphatic rings. The fourth-order valence-corrected chi connectivity index (χ4v) is 2.94. The Labute approximate surface area is 128 Å². The number of aliphatic hydroxyl groups excluding tert-OH is 1. The fourth-order valence-electron chi connectivity index (χ4n) is 2.94. The van der Waals surface area contributed by atoms with Gasteiger partial charge in [-0.15, -0.1) is 0 Å². The first-order valence-electron chi connectivity index (χ1n) is 7.57. The zero-order valence-electron chi connectivity index (χ0n) is 12.2. The maximum atomic E-state index is 12.9. The summed E-state index contributed by atoms with van der Waals surface area (Å²) in [4.78, 5) is 27.8. The van der Waals surface area contributed by atoms with Gasteiger partial charge < -0.3 is 14.9 Å². The van der Waals surface area contributed by atoms with Gasteiger partial charge in [-0.1, -0.05) is 0 Å². The van der Waals surface area contributed by atoms with Gasteiger partial charge in [0.1, 0.15) is 12.4 Å². The number of carbonyl (C=O) groups is 2. The average molecular weight is 306 g/mol. The van der Waals surface area contributed by atoms with E-state index in [0.29, 0.717) is 5.56 Å². The second-order valence-electron chi connectivity index (χ2n) is 5.98. The van der Waals surface area contributed by atoms with Gasteiger partial charge >= 0.3 is 0 Å². The molecule has 0 aromatic heterocycles. The third kappa shape index (κ3) is 2.97. The fraction of sp³-hybridized carbons (Fsp3) is 0.500. The second-order valence-corrected chi connectivity index (χ2v) is 5.98. The van der Waals surface area contributed by atoms with Gasteiger partial charge in [-0.25, -0.2) is 4.39 Å². The Balaban J connectivity index is 1.75. The van der Waals surface area contributed by atoms with E-state index in [1.165, 1.54) is 29.2 Å². The van der Waals surface area contributed by atoms with Crippen LogP contribution in [0.3, 0.4) is 0 Å². The maximum absolute atomic E-state index is 12.9. The zero-order valence-corrected chi connectivity index (χ0v) is 12.2. The van der Waals surface area contributed by atoms with E-state index in [1.54, 1.807) is 4.90 Å². The van der Waals surface area contributed by atoms with Crippen molar-refractivity contribution in [2.75, 3.05) is 19.6 Å². The highest BCUT2D eigenvalue weighted by Gasteiger charge is 2.35. The van der Waals surface area contributed by atoms with Crippen LogP contribution in [0.15, 0.2) is 24.3 Å². The van der Waals surface area contributed by atoms with E-state index in [0.717, 1.165) is 19.3 Å². The molecule has 118 valence electrons. The summed E-state index contributed by atoms with van der Waals surface area (Å²) in [6, 6.07) is 5.41. The van der Waals surface area contributed by atoms with E-state index in [4.69, 9.17) is 0 Å². The molecule has 1 saturated heterocycles. The highest BCUT2D eigenvalue weighted by atomic mass is 19.1. The number of β-amino-alcohol motifs (C(OH)–C–C–N with tert-alkyl or cyclic N) is 1. The maximum Gasteiger partial charge on any atom is 0.254 e. The molecular weight excluding hydrogens is 287 g/mol. The van der Waals surface area contributed by atoms with Gasteiger partial charge in [0.15, 0.2) is 0 Å². The van der Waals surface area contributed by atoms with Gasteiger partial charge in [0.25, 0.3) is 5.91 Å². The summed E-state index contributed by atoms with van der Waals surface area (Å²) in [5, 5.41) is 10.1. The van der Waals surface area contributed by atoms with Gasteiger partial charge in [-0.05, 0) is 43.5 Å². The molecule has 1 saturated carbocycles. The molecule has 1 aromatic rings. The molecule has 3 rings (SSSR count). The van der Waals surface area contributed by atoms with Gasteiger partial charge in [-0.2, -0.15) is 0 Å². The van der Waals surface area contributed by atoms with E-state index in [-0.39, 0.29) is 37.5 Å². The van der Waals surface area contributed by atoms with Crippen molar-refractivity contribution in [3.63, 3.8) is 0 Å². The Morgan fingerprint density at radius 3 is 2.45 bits per heavy atom. The van der Waals surface area contributed by atoms with Crippen LogP contribution < -0.4 is 0 Å². The Kier molecular flexibility index (Phi) is 4.11. The van der Waals surface area contributed by atoms with Crippen molar-refractivity contribution in [1.29, 1.82) is 0 Å². The second kappa shape index (κ2) is 6.04. The minimum atomic E-state index is -0.753. The summed E-state index contributed by atoms with van der Waals surface area (Å²) < 4.78 is 12.9. The lowest BCUT2D eigenvalue weighted by Crippen LogP contribution is -2.47. The molecule has 1 heterocycles. The van der Waals surface area contributed by atoms with Crippen molar-refractivity contribution < 1.29 is 19.1 Å². The number of aliphatic hydroxyl groups is 1. The summed E-state index contributed by atoms with van der Waals surface area (Å²) in [7, 11) is 0. The van der Waals surface area contributed by atoms with Gasteiger partial charge in [-0.3, -0.25) is 9.59 Å². The zero-order chi connectivity index (χ0) is 15.7. The van der Waals surface area contributed by atoms with Crippen molar-refractivity contribution in [2.45, 2.75) is 31.4 Å². The third-order valence-electron chi connectivity index (χ3n) is 4.38. The first-order chi connectivity index (χ1) is 10.5. The van der Waals surface area contributed by atoms with Crippen LogP contribution in [0.25, 0.3) is 0 Å². The van der Waals surface area contributed by atoms with E-state index in [2.05, 4.69) is 0 Å². The summed E-state index contributed by atoms with van der Waals surface area (Å²) in [5.41, 5.74) is 0.318. The molecule has 2 fully saturated rings. The number of amides is 2. The van der Waals surface area contributed by atoms with E-state index in [9.17, 15) is 19.1 Å². The predicted octanol–water partition coefficient (Wildman–Crippen LogP) is 1.02. The number of carbonyl (C=O) groups excluding carboxylic acids is 2. The number of nitrogens with zero attached hydrogens (tertiary/aromatic N) is 2. The topological polar surface area (TPSA) is 60.9 Å². The lowest BCUT2D eigenvalue weighted by atomic mass is 9.91. The number of benzene rings is 1. The van der Waals surface area contributed by atoms with E-state index >= 15 is 0 Å². The summed E-state index contributed by atoms with van der Waals surface area (Å²) in [6.45, 7) is 0.353. The predicted molar refractivity (Wildman–Crippen MR) is 77.7 cm³/mol. The molecule has 1 aromatic carbocycles. The molecule has 1 N–H and O–H groups in total. The van der Waals surface area contributed by atoms with Gasteiger partial charge in [0.05, 0.1) is 6.10 Å². The van der Waals surface area contributed by atoms with Crippen LogP contribution in [0.1, 0.15) is 29.6 Å². The highest BCUT2D eigenvalue weighted by Crippen LogP contribution is 2.26. The van der Waals surface area contributed by atoms with Crippen LogP contribution in [0, 0.1) is 5.82 Å². The summed E-state index contributed by atoms with van der Waals surface area (Å²) in [6.07, 6.45) is 2.27. The Hall–Kier alpha value is -1.95. The molecule has 1 aliphatic carbocycles. The number of hydrogen-bond donors (Lipinski definition) is 1. The molecule has 2 amide bonds. The summed E-state index contributed by atoms with van der Waals surface area (Å²) in [5.74, 6) is -0.903. The first-order valence-corrected chi connectivity index (χ1v) is 7.57. The number of hydrogen-bond acceptors (Lipinski definition) is 3.